The van der Waals surface area contributed by atoms with E-state index in [-0.39, 0.29) is 5.91 Å². The molecule has 2 atom stereocenters. The lowest BCUT2D eigenvalue weighted by Gasteiger charge is -2.35. The summed E-state index contributed by atoms with van der Waals surface area (Å²) in [5.41, 5.74) is 1.27. The number of hydrogen-bond acceptors (Lipinski definition) is 5. The maximum absolute atomic E-state index is 12.2. The summed E-state index contributed by atoms with van der Waals surface area (Å²) in [5.74, 6) is 0.558. The van der Waals surface area contributed by atoms with Crippen molar-refractivity contribution in [2.45, 2.75) is 18.6 Å². The molecule has 2 heterocycles. The third-order valence-corrected chi connectivity index (χ3v) is 5.12. The minimum Gasteiger partial charge on any atom is -0.332 e. The highest BCUT2D eigenvalue weighted by molar-refractivity contribution is 8.13. The fourth-order valence-corrected chi connectivity index (χ4v) is 3.91. The Hall–Kier alpha value is -2.28. The average Bonchev–Trinajstić information content (AvgIpc) is 2.93. The van der Waals surface area contributed by atoms with Crippen LogP contribution in [0, 0.1) is 0 Å². The Morgan fingerprint density at radius 3 is 2.79 bits per heavy atom. The molecule has 0 aliphatic carbocycles. The number of carbonyl (C=O) groups is 2. The Bertz CT molecular complexity index is 676. The van der Waals surface area contributed by atoms with Crippen molar-refractivity contribution in [2.75, 3.05) is 19.3 Å². The van der Waals surface area contributed by atoms with Gasteiger partial charge in [-0.25, -0.2) is 9.79 Å². The van der Waals surface area contributed by atoms with E-state index in [1.807, 2.05) is 23.1 Å². The Morgan fingerprint density at radius 1 is 1.33 bits per heavy atom. The van der Waals surface area contributed by atoms with E-state index in [2.05, 4.69) is 29.0 Å². The molecule has 0 spiro atoms. The standard InChI is InChI=1S/C17H20N4O2S/c1-3-10-21-13-14(20(2)16(23)19-15(13)22)18-17(21)24-11-9-12-7-5-4-6-8-12/h3-8,13-14H,1,9-11H2,2H3,(H,19,22,23). The number of urea groups is 1. The number of aliphatic imine (C=N–C) groups is 1. The molecule has 1 saturated heterocycles. The molecule has 6 nitrogen and oxygen atoms in total. The number of rotatable bonds is 5. The molecule has 1 fully saturated rings. The highest BCUT2D eigenvalue weighted by atomic mass is 32.2. The van der Waals surface area contributed by atoms with Gasteiger partial charge in [-0.2, -0.15) is 0 Å². The quantitative estimate of drug-likeness (QED) is 0.826. The number of nitrogens with one attached hydrogen (secondary N) is 1. The van der Waals surface area contributed by atoms with Crippen molar-refractivity contribution < 1.29 is 9.59 Å². The van der Waals surface area contributed by atoms with E-state index in [1.54, 1.807) is 24.9 Å². The van der Waals surface area contributed by atoms with E-state index in [1.165, 1.54) is 10.5 Å². The molecule has 0 saturated carbocycles. The second-order valence-electron chi connectivity index (χ2n) is 5.70. The van der Waals surface area contributed by atoms with Crippen molar-refractivity contribution in [1.29, 1.82) is 0 Å². The Labute approximate surface area is 145 Å². The Balaban J connectivity index is 1.71. The van der Waals surface area contributed by atoms with Gasteiger partial charge in [0.25, 0.3) is 5.91 Å². The molecule has 3 rings (SSSR count). The van der Waals surface area contributed by atoms with Gasteiger partial charge in [-0.15, -0.1) is 6.58 Å². The van der Waals surface area contributed by atoms with Gasteiger partial charge >= 0.3 is 6.03 Å². The number of carbonyl (C=O) groups excluding carboxylic acids is 2. The van der Waals surface area contributed by atoms with Crippen LogP contribution in [0.3, 0.4) is 0 Å². The lowest BCUT2D eigenvalue weighted by Crippen LogP contribution is -2.63. The first kappa shape index (κ1) is 16.6. The maximum Gasteiger partial charge on any atom is 0.325 e. The van der Waals surface area contributed by atoms with Crippen molar-refractivity contribution in [3.63, 3.8) is 0 Å². The molecule has 7 heteroatoms. The number of hydrogen-bond donors (Lipinski definition) is 1. The summed E-state index contributed by atoms with van der Waals surface area (Å²) in [6.45, 7) is 4.29. The minimum atomic E-state index is -0.482. The fraction of sp³-hybridized carbons (Fsp3) is 0.353. The van der Waals surface area contributed by atoms with Crippen LogP contribution in [0.15, 0.2) is 48.0 Å². The summed E-state index contributed by atoms with van der Waals surface area (Å²) in [4.78, 5) is 32.1. The SMILES string of the molecule is C=CCN1C(SCCc2ccccc2)=NC2C1C(=O)NC(=O)N2C. The number of amidine groups is 1. The molecule has 0 aromatic heterocycles. The van der Waals surface area contributed by atoms with Crippen molar-refractivity contribution in [2.24, 2.45) is 4.99 Å². The van der Waals surface area contributed by atoms with Gasteiger partial charge in [0, 0.05) is 19.3 Å². The fourth-order valence-electron chi connectivity index (χ4n) is 2.86. The lowest BCUT2D eigenvalue weighted by atomic mass is 10.1. The molecule has 24 heavy (non-hydrogen) atoms. The second-order valence-corrected chi connectivity index (χ2v) is 6.76. The second kappa shape index (κ2) is 7.09. The van der Waals surface area contributed by atoms with E-state index < -0.39 is 18.2 Å². The van der Waals surface area contributed by atoms with Crippen LogP contribution >= 0.6 is 11.8 Å². The summed E-state index contributed by atoms with van der Waals surface area (Å²) in [7, 11) is 1.66. The summed E-state index contributed by atoms with van der Waals surface area (Å²) in [6.07, 6.45) is 2.20. The molecule has 0 radical (unpaired) electrons. The molecular formula is C17H20N4O2S. The number of benzene rings is 1. The predicted octanol–water partition coefficient (Wildman–Crippen LogP) is 1.70. The van der Waals surface area contributed by atoms with Crippen molar-refractivity contribution >= 4 is 28.9 Å². The maximum atomic E-state index is 12.2. The molecule has 1 aromatic rings. The lowest BCUT2D eigenvalue weighted by molar-refractivity contribution is -0.126. The minimum absolute atomic E-state index is 0.299. The highest BCUT2D eigenvalue weighted by Crippen LogP contribution is 2.28. The first-order valence-corrected chi connectivity index (χ1v) is 8.80. The molecule has 1 aromatic carbocycles. The van der Waals surface area contributed by atoms with E-state index in [9.17, 15) is 9.59 Å². The summed E-state index contributed by atoms with van der Waals surface area (Å²) in [6, 6.07) is 9.35. The van der Waals surface area contributed by atoms with Crippen LogP contribution in [0.1, 0.15) is 5.56 Å². The van der Waals surface area contributed by atoms with Gasteiger partial charge < -0.3 is 9.80 Å². The Kier molecular flexibility index (Phi) is 4.89. The number of thioether (sulfide) groups is 1. The molecule has 0 bridgehead atoms. The van der Waals surface area contributed by atoms with Gasteiger partial charge in [0.15, 0.2) is 17.4 Å². The van der Waals surface area contributed by atoms with Crippen molar-refractivity contribution in [3.05, 3.63) is 48.6 Å². The monoisotopic (exact) mass is 344 g/mol. The normalized spacial score (nSPS) is 23.0. The molecule has 2 aliphatic rings. The van der Waals surface area contributed by atoms with Gasteiger partial charge in [-0.05, 0) is 12.0 Å². The van der Waals surface area contributed by atoms with Gasteiger partial charge in [-0.1, -0.05) is 48.2 Å². The topological polar surface area (TPSA) is 65.0 Å². The van der Waals surface area contributed by atoms with Crippen LogP contribution in [-0.2, 0) is 11.2 Å². The molecule has 1 N–H and O–H groups in total. The highest BCUT2D eigenvalue weighted by Gasteiger charge is 2.48. The van der Waals surface area contributed by atoms with E-state index in [0.29, 0.717) is 6.54 Å². The van der Waals surface area contributed by atoms with E-state index >= 15 is 0 Å². The van der Waals surface area contributed by atoms with Crippen molar-refractivity contribution in [1.82, 2.24) is 15.1 Å². The van der Waals surface area contributed by atoms with Gasteiger partial charge in [0.1, 0.15) is 0 Å². The van der Waals surface area contributed by atoms with Gasteiger partial charge in [-0.3, -0.25) is 10.1 Å². The molecule has 2 aliphatic heterocycles. The first-order valence-electron chi connectivity index (χ1n) is 7.81. The van der Waals surface area contributed by atoms with E-state index in [0.717, 1.165) is 17.3 Å². The summed E-state index contributed by atoms with van der Waals surface area (Å²) >= 11 is 1.61. The number of aryl methyl sites for hydroxylation is 1. The molecule has 3 amide bonds. The third kappa shape index (κ3) is 3.17. The number of nitrogens with zero attached hydrogens (tertiary/aromatic N) is 3. The van der Waals surface area contributed by atoms with Crippen LogP contribution < -0.4 is 5.32 Å². The van der Waals surface area contributed by atoms with Gasteiger partial charge in [0.05, 0.1) is 0 Å². The summed E-state index contributed by atoms with van der Waals surface area (Å²) in [5, 5.41) is 3.17. The Morgan fingerprint density at radius 2 is 2.08 bits per heavy atom. The van der Waals surface area contributed by atoms with Crippen LogP contribution in [-0.4, -0.2) is 58.5 Å². The third-order valence-electron chi connectivity index (χ3n) is 4.11. The van der Waals surface area contributed by atoms with Crippen LogP contribution in [0.5, 0.6) is 0 Å². The number of fused-ring (bicyclic) bond motifs is 1. The average molecular weight is 344 g/mol. The molecule has 2 unspecified atom stereocenters. The van der Waals surface area contributed by atoms with Crippen molar-refractivity contribution in [3.8, 4) is 0 Å². The number of imide groups is 1. The van der Waals surface area contributed by atoms with Gasteiger partial charge in [0.2, 0.25) is 0 Å². The smallest absolute Gasteiger partial charge is 0.325 e. The zero-order chi connectivity index (χ0) is 17.1. The largest absolute Gasteiger partial charge is 0.332 e. The predicted molar refractivity (Wildman–Crippen MR) is 95.8 cm³/mol. The van der Waals surface area contributed by atoms with E-state index in [4.69, 9.17) is 0 Å². The zero-order valence-electron chi connectivity index (χ0n) is 13.5. The number of amides is 3. The van der Waals surface area contributed by atoms with Crippen LogP contribution in [0.2, 0.25) is 0 Å². The van der Waals surface area contributed by atoms with Crippen LogP contribution in [0.4, 0.5) is 4.79 Å². The number of likely N-dealkylation sites (N-methyl/N-ethyl adjacent to an activating group) is 1. The summed E-state index contributed by atoms with van der Waals surface area (Å²) < 4.78 is 0. The molecule has 126 valence electrons. The van der Waals surface area contributed by atoms with Crippen LogP contribution in [0.25, 0.3) is 0 Å². The first-order chi connectivity index (χ1) is 11.6. The zero-order valence-corrected chi connectivity index (χ0v) is 14.3. The molecular weight excluding hydrogens is 324 g/mol.